The third-order valence-electron chi connectivity index (χ3n) is 6.29. The van der Waals surface area contributed by atoms with Crippen LogP contribution in [0.2, 0.25) is 0 Å². The molecular weight excluding hydrogens is 370 g/mol. The first kappa shape index (κ1) is 20.5. The van der Waals surface area contributed by atoms with Gasteiger partial charge in [-0.05, 0) is 49.4 Å². The van der Waals surface area contributed by atoms with Crippen molar-refractivity contribution in [1.82, 2.24) is 4.57 Å². The summed E-state index contributed by atoms with van der Waals surface area (Å²) in [5.41, 5.74) is 6.12. The predicted molar refractivity (Wildman–Crippen MR) is 122 cm³/mol. The van der Waals surface area contributed by atoms with Gasteiger partial charge in [-0.1, -0.05) is 80.6 Å². The molecule has 0 bridgehead atoms. The number of rotatable bonds is 6. The van der Waals surface area contributed by atoms with Crippen molar-refractivity contribution in [3.63, 3.8) is 0 Å². The van der Waals surface area contributed by atoms with Crippen LogP contribution in [0.5, 0.6) is 0 Å². The number of benzene rings is 2. The number of hydrogen-bond acceptors (Lipinski definition) is 2. The number of hydrogen-bond donors (Lipinski definition) is 0. The zero-order valence-corrected chi connectivity index (χ0v) is 18.1. The highest BCUT2D eigenvalue weighted by molar-refractivity contribution is 5.99. The Labute approximate surface area is 179 Å². The van der Waals surface area contributed by atoms with Crippen molar-refractivity contribution >= 4 is 5.97 Å². The van der Waals surface area contributed by atoms with Gasteiger partial charge in [0.25, 0.3) is 0 Å². The van der Waals surface area contributed by atoms with Crippen LogP contribution in [0.25, 0.3) is 16.9 Å². The largest absolute Gasteiger partial charge is 0.462 e. The smallest absolute Gasteiger partial charge is 0.340 e. The summed E-state index contributed by atoms with van der Waals surface area (Å²) in [4.78, 5) is 13.3. The van der Waals surface area contributed by atoms with Crippen molar-refractivity contribution in [3.05, 3.63) is 77.5 Å². The molecule has 0 aliphatic heterocycles. The van der Waals surface area contributed by atoms with Gasteiger partial charge in [-0.3, -0.25) is 0 Å². The second kappa shape index (κ2) is 9.34. The third kappa shape index (κ3) is 4.07. The molecule has 156 valence electrons. The number of esters is 1. The number of ether oxygens (including phenoxy) is 1. The second-order valence-electron chi connectivity index (χ2n) is 8.25. The molecular formula is C27H31NO2. The van der Waals surface area contributed by atoms with Gasteiger partial charge in [0, 0.05) is 11.4 Å². The Bertz CT molecular complexity index is 983. The maximum atomic E-state index is 13.3. The molecule has 1 heterocycles. The zero-order chi connectivity index (χ0) is 20.9. The van der Waals surface area contributed by atoms with Crippen molar-refractivity contribution in [1.29, 1.82) is 0 Å². The molecule has 1 aliphatic rings. The summed E-state index contributed by atoms with van der Waals surface area (Å²) in [5, 5.41) is 0. The van der Waals surface area contributed by atoms with E-state index >= 15 is 0 Å². The van der Waals surface area contributed by atoms with Gasteiger partial charge < -0.3 is 9.30 Å². The van der Waals surface area contributed by atoms with Crippen LogP contribution in [-0.4, -0.2) is 17.1 Å². The Morgan fingerprint density at radius 3 is 2.23 bits per heavy atom. The Morgan fingerprint density at radius 2 is 1.60 bits per heavy atom. The zero-order valence-electron chi connectivity index (χ0n) is 18.1. The van der Waals surface area contributed by atoms with E-state index in [-0.39, 0.29) is 5.97 Å². The molecule has 1 saturated carbocycles. The summed E-state index contributed by atoms with van der Waals surface area (Å²) in [7, 11) is 0. The summed E-state index contributed by atoms with van der Waals surface area (Å²) in [6.45, 7) is 4.41. The second-order valence-corrected chi connectivity index (χ2v) is 8.25. The maximum Gasteiger partial charge on any atom is 0.340 e. The monoisotopic (exact) mass is 401 g/mol. The van der Waals surface area contributed by atoms with Gasteiger partial charge in [-0.25, -0.2) is 4.79 Å². The molecule has 1 aromatic heterocycles. The van der Waals surface area contributed by atoms with E-state index in [1.807, 2.05) is 43.3 Å². The van der Waals surface area contributed by atoms with Gasteiger partial charge in [0.2, 0.25) is 0 Å². The molecule has 0 saturated heterocycles. The number of nitrogens with zero attached hydrogens (tertiary/aromatic N) is 1. The van der Waals surface area contributed by atoms with E-state index < -0.39 is 0 Å². The van der Waals surface area contributed by atoms with Gasteiger partial charge >= 0.3 is 5.97 Å². The molecule has 2 aromatic carbocycles. The fourth-order valence-corrected chi connectivity index (χ4v) is 4.86. The van der Waals surface area contributed by atoms with E-state index in [1.54, 1.807) is 0 Å². The lowest BCUT2D eigenvalue weighted by molar-refractivity contribution is 0.0526. The molecule has 0 atom stereocenters. The Kier molecular flexibility index (Phi) is 6.37. The summed E-state index contributed by atoms with van der Waals surface area (Å²) >= 11 is 0. The minimum Gasteiger partial charge on any atom is -0.462 e. The van der Waals surface area contributed by atoms with E-state index in [0.717, 1.165) is 40.2 Å². The molecule has 3 aromatic rings. The summed E-state index contributed by atoms with van der Waals surface area (Å²) in [5.74, 6) is 0.431. The average Bonchev–Trinajstić information content (AvgIpc) is 3.08. The molecule has 3 heteroatoms. The molecule has 0 N–H and O–H groups in total. The van der Waals surface area contributed by atoms with Crippen molar-refractivity contribution in [3.8, 4) is 16.9 Å². The summed E-state index contributed by atoms with van der Waals surface area (Å²) in [6.07, 6.45) is 7.37. The Hall–Kier alpha value is -2.81. The average molecular weight is 402 g/mol. The van der Waals surface area contributed by atoms with Crippen LogP contribution in [0.4, 0.5) is 0 Å². The molecule has 0 spiro atoms. The summed E-state index contributed by atoms with van der Waals surface area (Å²) < 4.78 is 7.82. The van der Waals surface area contributed by atoms with Crippen LogP contribution in [-0.2, 0) is 11.2 Å². The topological polar surface area (TPSA) is 31.2 Å². The summed E-state index contributed by atoms with van der Waals surface area (Å²) in [6, 6.07) is 20.6. The van der Waals surface area contributed by atoms with Gasteiger partial charge in [-0.2, -0.15) is 0 Å². The molecule has 0 radical (unpaired) electrons. The van der Waals surface area contributed by atoms with Crippen LogP contribution in [0.3, 0.4) is 0 Å². The van der Waals surface area contributed by atoms with Gasteiger partial charge in [0.05, 0.1) is 17.9 Å². The number of aromatic nitrogens is 1. The van der Waals surface area contributed by atoms with Crippen LogP contribution in [0, 0.1) is 12.8 Å². The quantitative estimate of drug-likeness (QED) is 0.428. The van der Waals surface area contributed by atoms with Crippen LogP contribution in [0.1, 0.15) is 60.6 Å². The lowest BCUT2D eigenvalue weighted by Gasteiger charge is -2.22. The van der Waals surface area contributed by atoms with Gasteiger partial charge in [0.15, 0.2) is 0 Å². The van der Waals surface area contributed by atoms with E-state index in [1.165, 1.54) is 32.1 Å². The van der Waals surface area contributed by atoms with Crippen LogP contribution >= 0.6 is 0 Å². The molecule has 4 rings (SSSR count). The highest BCUT2D eigenvalue weighted by atomic mass is 16.5. The third-order valence-corrected chi connectivity index (χ3v) is 6.29. The van der Waals surface area contributed by atoms with Crippen molar-refractivity contribution in [2.24, 2.45) is 5.92 Å². The Morgan fingerprint density at radius 1 is 0.967 bits per heavy atom. The molecule has 1 fully saturated rings. The number of para-hydroxylation sites is 1. The SMILES string of the molecule is CCOC(=O)c1c(CC2CCCCC2)c(C)n(-c2ccccc2)c1-c1ccccc1. The van der Waals surface area contributed by atoms with Crippen LogP contribution < -0.4 is 0 Å². The van der Waals surface area contributed by atoms with E-state index in [9.17, 15) is 4.79 Å². The molecule has 0 amide bonds. The first-order valence-corrected chi connectivity index (χ1v) is 11.2. The van der Waals surface area contributed by atoms with Crippen molar-refractivity contribution in [2.45, 2.75) is 52.4 Å². The van der Waals surface area contributed by atoms with Crippen LogP contribution in [0.15, 0.2) is 60.7 Å². The normalized spacial score (nSPS) is 14.6. The lowest BCUT2D eigenvalue weighted by Crippen LogP contribution is -2.13. The van der Waals surface area contributed by atoms with E-state index in [2.05, 4.69) is 35.8 Å². The van der Waals surface area contributed by atoms with Crippen molar-refractivity contribution in [2.75, 3.05) is 6.61 Å². The first-order valence-electron chi connectivity index (χ1n) is 11.2. The molecule has 3 nitrogen and oxygen atoms in total. The lowest BCUT2D eigenvalue weighted by atomic mass is 9.83. The highest BCUT2D eigenvalue weighted by Crippen LogP contribution is 2.38. The van der Waals surface area contributed by atoms with Gasteiger partial charge in [-0.15, -0.1) is 0 Å². The Balaban J connectivity index is 1.94. The van der Waals surface area contributed by atoms with E-state index in [0.29, 0.717) is 12.5 Å². The highest BCUT2D eigenvalue weighted by Gasteiger charge is 2.29. The predicted octanol–water partition coefficient (Wildman–Crippen LogP) is 6.75. The van der Waals surface area contributed by atoms with E-state index in [4.69, 9.17) is 4.74 Å². The molecule has 1 aliphatic carbocycles. The number of carbonyl (C=O) groups excluding carboxylic acids is 1. The fourth-order valence-electron chi connectivity index (χ4n) is 4.86. The van der Waals surface area contributed by atoms with Gasteiger partial charge in [0.1, 0.15) is 0 Å². The van der Waals surface area contributed by atoms with Crippen molar-refractivity contribution < 1.29 is 9.53 Å². The fraction of sp³-hybridized carbons (Fsp3) is 0.370. The number of carbonyl (C=O) groups is 1. The molecule has 30 heavy (non-hydrogen) atoms. The molecule has 0 unspecified atom stereocenters. The standard InChI is InChI=1S/C27H31NO2/c1-3-30-27(29)25-24(19-21-13-7-4-8-14-21)20(2)28(23-17-11-6-12-18-23)26(25)22-15-9-5-10-16-22/h5-6,9-12,15-18,21H,3-4,7-8,13-14,19H2,1-2H3. The minimum absolute atomic E-state index is 0.208. The maximum absolute atomic E-state index is 13.3. The first-order chi connectivity index (χ1) is 14.7. The minimum atomic E-state index is -0.208.